The van der Waals surface area contributed by atoms with Crippen molar-refractivity contribution in [2.45, 2.75) is 23.1 Å². The lowest BCUT2D eigenvalue weighted by Gasteiger charge is -2.10. The van der Waals surface area contributed by atoms with Crippen LogP contribution in [-0.2, 0) is 11.2 Å². The van der Waals surface area contributed by atoms with E-state index < -0.39 is 45.9 Å². The van der Waals surface area contributed by atoms with E-state index in [1.807, 2.05) is 0 Å². The minimum atomic E-state index is -2.69. The van der Waals surface area contributed by atoms with Crippen molar-refractivity contribution in [3.63, 3.8) is 0 Å². The number of hydrogen-bond donors (Lipinski definition) is 1. The molecule has 2 unspecified atom stereocenters. The van der Waals surface area contributed by atoms with Crippen LogP contribution in [0.2, 0.25) is 5.02 Å². The summed E-state index contributed by atoms with van der Waals surface area (Å²) in [6.07, 6.45) is -3.06. The molecule has 1 saturated carbocycles. The monoisotopic (exact) mass is 543 g/mol. The summed E-state index contributed by atoms with van der Waals surface area (Å²) in [6.45, 7) is 0. The minimum absolute atomic E-state index is 0.0113. The molecule has 4 rings (SSSR count). The number of benzene rings is 3. The second-order valence-electron chi connectivity index (χ2n) is 8.12. The highest BCUT2D eigenvalue weighted by molar-refractivity contribution is 6.53. The highest BCUT2D eigenvalue weighted by Gasteiger charge is 2.67. The van der Waals surface area contributed by atoms with Crippen molar-refractivity contribution in [2.24, 2.45) is 5.92 Å². The third-order valence-electron chi connectivity index (χ3n) is 5.76. The van der Waals surface area contributed by atoms with Gasteiger partial charge in [-0.2, -0.15) is 0 Å². The van der Waals surface area contributed by atoms with E-state index in [0.717, 1.165) is 6.07 Å². The van der Waals surface area contributed by atoms with Gasteiger partial charge in [0.05, 0.1) is 10.9 Å². The van der Waals surface area contributed by atoms with Gasteiger partial charge in [0.25, 0.3) is 6.43 Å². The molecule has 3 aromatic carbocycles. The van der Waals surface area contributed by atoms with Gasteiger partial charge in [-0.3, -0.25) is 9.59 Å². The lowest BCUT2D eigenvalue weighted by molar-refractivity contribution is -0.117. The SMILES string of the molecule is O=C(Cc1ccc(F)cc1F)c1cc(NC(=O)C2C(c3cccc(C(F)F)c3)C2(Cl)Cl)ccc1Cl. The molecule has 3 aromatic rings. The number of halogens is 7. The number of alkyl halides is 4. The Morgan fingerprint density at radius 2 is 1.74 bits per heavy atom. The van der Waals surface area contributed by atoms with E-state index >= 15 is 0 Å². The van der Waals surface area contributed by atoms with Gasteiger partial charge in [0.1, 0.15) is 16.0 Å². The molecule has 0 heterocycles. The smallest absolute Gasteiger partial charge is 0.263 e. The van der Waals surface area contributed by atoms with Gasteiger partial charge in [0.2, 0.25) is 5.91 Å². The van der Waals surface area contributed by atoms with Crippen molar-refractivity contribution >= 4 is 52.2 Å². The topological polar surface area (TPSA) is 46.2 Å². The highest BCUT2D eigenvalue weighted by Crippen LogP contribution is 2.65. The van der Waals surface area contributed by atoms with Gasteiger partial charge in [0, 0.05) is 35.2 Å². The molecule has 35 heavy (non-hydrogen) atoms. The van der Waals surface area contributed by atoms with Gasteiger partial charge in [-0.05, 0) is 41.5 Å². The number of Topliss-reactive ketones (excluding diaryl/α,β-unsaturated/α-hetero) is 1. The number of carbonyl (C=O) groups is 2. The first-order chi connectivity index (χ1) is 16.5. The Hall–Kier alpha value is -2.61. The first-order valence-electron chi connectivity index (χ1n) is 10.3. The Bertz CT molecular complexity index is 1320. The lowest BCUT2D eigenvalue weighted by Crippen LogP contribution is -2.17. The summed E-state index contributed by atoms with van der Waals surface area (Å²) in [5.74, 6) is -4.40. The molecule has 10 heteroatoms. The number of anilines is 1. The van der Waals surface area contributed by atoms with Crippen LogP contribution in [0.25, 0.3) is 0 Å². The van der Waals surface area contributed by atoms with Crippen LogP contribution >= 0.6 is 34.8 Å². The fourth-order valence-corrected chi connectivity index (χ4v) is 4.98. The lowest BCUT2D eigenvalue weighted by atomic mass is 10.0. The molecule has 1 fully saturated rings. The van der Waals surface area contributed by atoms with Crippen LogP contribution < -0.4 is 5.32 Å². The Balaban J connectivity index is 1.51. The van der Waals surface area contributed by atoms with E-state index in [-0.39, 0.29) is 33.8 Å². The first kappa shape index (κ1) is 25.5. The number of rotatable bonds is 7. The van der Waals surface area contributed by atoms with Crippen molar-refractivity contribution in [2.75, 3.05) is 5.32 Å². The van der Waals surface area contributed by atoms with E-state index in [0.29, 0.717) is 11.6 Å². The molecule has 0 aliphatic heterocycles. The van der Waals surface area contributed by atoms with Gasteiger partial charge < -0.3 is 5.32 Å². The molecule has 1 aliphatic carbocycles. The van der Waals surface area contributed by atoms with Crippen molar-refractivity contribution < 1.29 is 27.2 Å². The van der Waals surface area contributed by atoms with Gasteiger partial charge in [-0.15, -0.1) is 23.2 Å². The highest BCUT2D eigenvalue weighted by atomic mass is 35.5. The van der Waals surface area contributed by atoms with Crippen LogP contribution in [0.1, 0.15) is 39.4 Å². The summed E-state index contributed by atoms with van der Waals surface area (Å²) in [5.41, 5.74) is 0.409. The zero-order chi connectivity index (χ0) is 25.5. The fraction of sp³-hybridized carbons (Fsp3) is 0.200. The summed E-state index contributed by atoms with van der Waals surface area (Å²) >= 11 is 18.7. The van der Waals surface area contributed by atoms with Crippen LogP contribution in [0, 0.1) is 17.6 Å². The molecule has 3 nitrogen and oxygen atoms in total. The zero-order valence-corrected chi connectivity index (χ0v) is 19.9. The molecule has 2 atom stereocenters. The van der Waals surface area contributed by atoms with E-state index in [4.69, 9.17) is 34.8 Å². The fourth-order valence-electron chi connectivity index (χ4n) is 3.93. The predicted octanol–water partition coefficient (Wildman–Crippen LogP) is 7.51. The Kier molecular flexibility index (Phi) is 7.13. The first-order valence-corrected chi connectivity index (χ1v) is 11.5. The molecule has 0 bridgehead atoms. The number of hydrogen-bond acceptors (Lipinski definition) is 2. The minimum Gasteiger partial charge on any atom is -0.326 e. The normalized spacial score (nSPS) is 18.4. The molecule has 0 aromatic heterocycles. The number of ketones is 1. The maximum Gasteiger partial charge on any atom is 0.263 e. The number of nitrogens with one attached hydrogen (secondary N) is 1. The summed E-state index contributed by atoms with van der Waals surface area (Å²) in [5, 5.41) is 2.69. The van der Waals surface area contributed by atoms with Gasteiger partial charge in [-0.25, -0.2) is 17.6 Å². The molecule has 1 aliphatic rings. The Morgan fingerprint density at radius 1 is 1.00 bits per heavy atom. The van der Waals surface area contributed by atoms with Crippen LogP contribution in [0.15, 0.2) is 60.7 Å². The second-order valence-corrected chi connectivity index (χ2v) is 9.97. The van der Waals surface area contributed by atoms with Crippen molar-refractivity contribution in [1.29, 1.82) is 0 Å². The van der Waals surface area contributed by atoms with Crippen LogP contribution in [0.4, 0.5) is 23.2 Å². The van der Waals surface area contributed by atoms with E-state index in [9.17, 15) is 27.2 Å². The van der Waals surface area contributed by atoms with Crippen LogP contribution in [-0.4, -0.2) is 16.0 Å². The quantitative estimate of drug-likeness (QED) is 0.190. The van der Waals surface area contributed by atoms with Crippen molar-refractivity contribution in [1.82, 2.24) is 0 Å². The Labute approximate surface area is 213 Å². The summed E-state index contributed by atoms with van der Waals surface area (Å²) in [7, 11) is 0. The second kappa shape index (κ2) is 9.80. The maximum atomic E-state index is 13.9. The molecular weight excluding hydrogens is 529 g/mol. The molecule has 1 N–H and O–H groups in total. The largest absolute Gasteiger partial charge is 0.326 e. The molecule has 0 saturated heterocycles. The Morgan fingerprint density at radius 3 is 2.43 bits per heavy atom. The van der Waals surface area contributed by atoms with Gasteiger partial charge in [-0.1, -0.05) is 35.9 Å². The van der Waals surface area contributed by atoms with Crippen molar-refractivity contribution in [3.05, 3.63) is 99.6 Å². The summed E-state index contributed by atoms with van der Waals surface area (Å²) in [4.78, 5) is 25.6. The maximum absolute atomic E-state index is 13.9. The third kappa shape index (κ3) is 5.32. The zero-order valence-electron chi connectivity index (χ0n) is 17.7. The van der Waals surface area contributed by atoms with E-state index in [2.05, 4.69) is 5.32 Å². The van der Waals surface area contributed by atoms with E-state index in [1.54, 1.807) is 6.07 Å². The predicted molar refractivity (Wildman–Crippen MR) is 127 cm³/mol. The van der Waals surface area contributed by atoms with Crippen LogP contribution in [0.5, 0.6) is 0 Å². The third-order valence-corrected chi connectivity index (χ3v) is 7.03. The molecule has 182 valence electrons. The summed E-state index contributed by atoms with van der Waals surface area (Å²) in [6, 6.07) is 12.6. The number of amides is 1. The number of carbonyl (C=O) groups excluding carboxylic acids is 2. The standard InChI is InChI=1S/C25H16Cl3F4NO2/c26-18-7-6-16(11-17(18)20(34)9-12-4-5-15(29)10-19(12)30)33-24(35)22-21(25(22,27)28)13-2-1-3-14(8-13)23(31)32/h1-8,10-11,21-23H,9H2,(H,33,35). The summed E-state index contributed by atoms with van der Waals surface area (Å²) < 4.78 is 51.7. The average Bonchev–Trinajstić information content (AvgIpc) is 3.39. The molecule has 0 radical (unpaired) electrons. The van der Waals surface area contributed by atoms with Gasteiger partial charge >= 0.3 is 0 Å². The average molecular weight is 545 g/mol. The van der Waals surface area contributed by atoms with Gasteiger partial charge in [0.15, 0.2) is 5.78 Å². The molecule has 0 spiro atoms. The van der Waals surface area contributed by atoms with Crippen molar-refractivity contribution in [3.8, 4) is 0 Å². The van der Waals surface area contributed by atoms with E-state index in [1.165, 1.54) is 42.5 Å². The van der Waals surface area contributed by atoms with Crippen LogP contribution in [0.3, 0.4) is 0 Å². The molecule has 1 amide bonds. The molecular formula is C25H16Cl3F4NO2.